The van der Waals surface area contributed by atoms with Crippen LogP contribution in [0.5, 0.6) is 0 Å². The van der Waals surface area contributed by atoms with Gasteiger partial charge in [-0.15, -0.1) is 10.2 Å². The summed E-state index contributed by atoms with van der Waals surface area (Å²) in [4.78, 5) is 19.3. The first kappa shape index (κ1) is 18.6. The van der Waals surface area contributed by atoms with E-state index in [1.54, 1.807) is 0 Å². The Morgan fingerprint density at radius 2 is 1.46 bits per heavy atom. The molecule has 0 unspecified atom stereocenters. The van der Waals surface area contributed by atoms with Crippen LogP contribution < -0.4 is 0 Å². The minimum atomic E-state index is -0.230. The smallest absolute Gasteiger partial charge is 0.235 e. The standard InChI is InChI=1S/C22H22N4OS/c1-16(21(27)26-14-8-9-15-26)28-22-23-19(17-10-4-2-5-11-17)20(24-25-22)18-12-6-3-7-13-18/h2-7,10-13,16H,8-9,14-15H2,1H3/t16-/m1/s1. The van der Waals surface area contributed by atoms with Crippen molar-refractivity contribution in [3.05, 3.63) is 60.7 Å². The molecule has 6 heteroatoms. The average molecular weight is 391 g/mol. The third kappa shape index (κ3) is 4.07. The van der Waals surface area contributed by atoms with Crippen molar-refractivity contribution in [1.82, 2.24) is 20.1 Å². The van der Waals surface area contributed by atoms with Crippen molar-refractivity contribution in [2.45, 2.75) is 30.2 Å². The first-order valence-corrected chi connectivity index (χ1v) is 10.4. The Morgan fingerprint density at radius 3 is 2.07 bits per heavy atom. The van der Waals surface area contributed by atoms with Gasteiger partial charge in [0.05, 0.1) is 5.25 Å². The molecule has 1 fully saturated rings. The molecule has 0 aliphatic carbocycles. The largest absolute Gasteiger partial charge is 0.342 e. The van der Waals surface area contributed by atoms with Gasteiger partial charge in [0.2, 0.25) is 11.1 Å². The topological polar surface area (TPSA) is 59.0 Å². The van der Waals surface area contributed by atoms with Gasteiger partial charge in [-0.25, -0.2) is 4.98 Å². The molecule has 1 aliphatic heterocycles. The molecule has 1 aromatic heterocycles. The van der Waals surface area contributed by atoms with E-state index in [-0.39, 0.29) is 11.2 Å². The molecule has 1 aliphatic rings. The molecule has 1 atom stereocenters. The maximum Gasteiger partial charge on any atom is 0.235 e. The van der Waals surface area contributed by atoms with E-state index >= 15 is 0 Å². The molecule has 2 heterocycles. The zero-order chi connectivity index (χ0) is 19.3. The van der Waals surface area contributed by atoms with Crippen molar-refractivity contribution in [2.75, 3.05) is 13.1 Å². The number of aromatic nitrogens is 3. The highest BCUT2D eigenvalue weighted by molar-refractivity contribution is 8.00. The summed E-state index contributed by atoms with van der Waals surface area (Å²) in [6, 6.07) is 19.9. The lowest BCUT2D eigenvalue weighted by molar-refractivity contribution is -0.129. The highest BCUT2D eigenvalue weighted by Gasteiger charge is 2.25. The summed E-state index contributed by atoms with van der Waals surface area (Å²) < 4.78 is 0. The summed E-state index contributed by atoms with van der Waals surface area (Å²) >= 11 is 1.38. The van der Waals surface area contributed by atoms with Gasteiger partial charge >= 0.3 is 0 Å². The number of carbonyl (C=O) groups is 1. The quantitative estimate of drug-likeness (QED) is 0.608. The summed E-state index contributed by atoms with van der Waals surface area (Å²) in [5.74, 6) is 0.152. The highest BCUT2D eigenvalue weighted by Crippen LogP contribution is 2.31. The molecule has 4 rings (SSSR count). The molecule has 3 aromatic rings. The van der Waals surface area contributed by atoms with Gasteiger partial charge in [-0.2, -0.15) is 0 Å². The van der Waals surface area contributed by atoms with Crippen LogP contribution in [0, 0.1) is 0 Å². The number of thioether (sulfide) groups is 1. The zero-order valence-corrected chi connectivity index (χ0v) is 16.6. The zero-order valence-electron chi connectivity index (χ0n) is 15.8. The molecule has 0 bridgehead atoms. The molecule has 0 spiro atoms. The predicted molar refractivity (Wildman–Crippen MR) is 112 cm³/mol. The Bertz CT molecular complexity index is 943. The number of amides is 1. The normalized spacial score (nSPS) is 14.8. The molecule has 2 aromatic carbocycles. The van der Waals surface area contributed by atoms with Crippen LogP contribution in [0.15, 0.2) is 65.8 Å². The molecule has 1 amide bonds. The second-order valence-corrected chi connectivity index (χ2v) is 8.12. The molecule has 0 saturated carbocycles. The summed E-state index contributed by atoms with van der Waals surface area (Å²) in [5, 5.41) is 9.09. The minimum absolute atomic E-state index is 0.152. The SMILES string of the molecule is C[C@@H](Sc1nnc(-c2ccccc2)c(-c2ccccc2)n1)C(=O)N1CCCC1. The Morgan fingerprint density at radius 1 is 0.893 bits per heavy atom. The summed E-state index contributed by atoms with van der Waals surface area (Å²) in [5.41, 5.74) is 3.48. The number of hydrogen-bond acceptors (Lipinski definition) is 5. The molecule has 28 heavy (non-hydrogen) atoms. The Hall–Kier alpha value is -2.73. The van der Waals surface area contributed by atoms with E-state index in [2.05, 4.69) is 10.2 Å². The van der Waals surface area contributed by atoms with Gasteiger partial charge in [0.25, 0.3) is 0 Å². The van der Waals surface area contributed by atoms with Crippen LogP contribution in [0.3, 0.4) is 0 Å². The Kier molecular flexibility index (Phi) is 5.67. The van der Waals surface area contributed by atoms with E-state index in [9.17, 15) is 4.79 Å². The van der Waals surface area contributed by atoms with Crippen LogP contribution in [0.1, 0.15) is 19.8 Å². The van der Waals surface area contributed by atoms with Gasteiger partial charge in [-0.1, -0.05) is 72.4 Å². The molecular formula is C22H22N4OS. The summed E-state index contributed by atoms with van der Waals surface area (Å²) in [7, 11) is 0. The number of likely N-dealkylation sites (tertiary alicyclic amines) is 1. The molecule has 1 saturated heterocycles. The first-order chi connectivity index (χ1) is 13.7. The van der Waals surface area contributed by atoms with E-state index in [4.69, 9.17) is 4.98 Å². The number of carbonyl (C=O) groups excluding carboxylic acids is 1. The van der Waals surface area contributed by atoms with Crippen molar-refractivity contribution in [3.63, 3.8) is 0 Å². The fourth-order valence-electron chi connectivity index (χ4n) is 3.35. The van der Waals surface area contributed by atoms with E-state index < -0.39 is 0 Å². The van der Waals surface area contributed by atoms with Crippen molar-refractivity contribution < 1.29 is 4.79 Å². The van der Waals surface area contributed by atoms with Crippen molar-refractivity contribution in [1.29, 1.82) is 0 Å². The molecule has 142 valence electrons. The van der Waals surface area contributed by atoms with Crippen molar-refractivity contribution in [3.8, 4) is 22.5 Å². The summed E-state index contributed by atoms with van der Waals surface area (Å²) in [6.07, 6.45) is 2.18. The number of nitrogens with zero attached hydrogens (tertiary/aromatic N) is 4. The number of hydrogen-bond donors (Lipinski definition) is 0. The molecule has 5 nitrogen and oxygen atoms in total. The first-order valence-electron chi connectivity index (χ1n) is 9.53. The van der Waals surface area contributed by atoms with Crippen LogP contribution in [-0.2, 0) is 4.79 Å². The molecular weight excluding hydrogens is 368 g/mol. The van der Waals surface area contributed by atoms with Crippen LogP contribution in [0.2, 0.25) is 0 Å². The third-order valence-corrected chi connectivity index (χ3v) is 5.75. The van der Waals surface area contributed by atoms with Gasteiger partial charge in [0, 0.05) is 24.2 Å². The van der Waals surface area contributed by atoms with Crippen LogP contribution in [0.25, 0.3) is 22.5 Å². The summed E-state index contributed by atoms with van der Waals surface area (Å²) in [6.45, 7) is 3.62. The van der Waals surface area contributed by atoms with Gasteiger partial charge in [-0.05, 0) is 19.8 Å². The van der Waals surface area contributed by atoms with E-state index in [1.165, 1.54) is 11.8 Å². The predicted octanol–water partition coefficient (Wildman–Crippen LogP) is 4.31. The van der Waals surface area contributed by atoms with Crippen LogP contribution in [0.4, 0.5) is 0 Å². The van der Waals surface area contributed by atoms with E-state index in [0.29, 0.717) is 5.16 Å². The average Bonchev–Trinajstić information content (AvgIpc) is 3.29. The number of rotatable bonds is 5. The molecule has 0 radical (unpaired) electrons. The van der Waals surface area contributed by atoms with Crippen molar-refractivity contribution >= 4 is 17.7 Å². The number of benzene rings is 2. The third-order valence-electron chi connectivity index (χ3n) is 4.81. The van der Waals surface area contributed by atoms with Gasteiger partial charge in [-0.3, -0.25) is 4.79 Å². The fraction of sp³-hybridized carbons (Fsp3) is 0.273. The van der Waals surface area contributed by atoms with Gasteiger partial charge in [0.15, 0.2) is 0 Å². The van der Waals surface area contributed by atoms with E-state index in [1.807, 2.05) is 72.5 Å². The molecule has 0 N–H and O–H groups in total. The maximum absolute atomic E-state index is 12.6. The highest BCUT2D eigenvalue weighted by atomic mass is 32.2. The monoisotopic (exact) mass is 390 g/mol. The van der Waals surface area contributed by atoms with Gasteiger partial charge in [0.1, 0.15) is 11.4 Å². The van der Waals surface area contributed by atoms with Crippen LogP contribution in [-0.4, -0.2) is 44.3 Å². The lowest BCUT2D eigenvalue weighted by Crippen LogP contribution is -2.34. The minimum Gasteiger partial charge on any atom is -0.342 e. The second kappa shape index (κ2) is 8.52. The maximum atomic E-state index is 12.6. The van der Waals surface area contributed by atoms with Crippen LogP contribution >= 0.6 is 11.8 Å². The lowest BCUT2D eigenvalue weighted by Gasteiger charge is -2.19. The lowest BCUT2D eigenvalue weighted by atomic mass is 10.0. The van der Waals surface area contributed by atoms with Gasteiger partial charge < -0.3 is 4.90 Å². The van der Waals surface area contributed by atoms with E-state index in [0.717, 1.165) is 48.4 Å². The Balaban J connectivity index is 1.65. The fourth-order valence-corrected chi connectivity index (χ4v) is 4.15. The van der Waals surface area contributed by atoms with Crippen molar-refractivity contribution in [2.24, 2.45) is 0 Å². The Labute approximate surface area is 169 Å². The second-order valence-electron chi connectivity index (χ2n) is 6.82.